The second-order valence-corrected chi connectivity index (χ2v) is 4.13. The standard InChI is InChI=1S/C13H12B2/c1-7-4-5-10-6-8(2)12(14)13(15)11(10)9(7)3/h4-6H,1-3H3. The molecule has 0 saturated heterocycles. The lowest BCUT2D eigenvalue weighted by Crippen LogP contribution is -2.29. The smallest absolute Gasteiger partial charge is 0.100 e. The van der Waals surface area contributed by atoms with Crippen LogP contribution in [-0.2, 0) is 0 Å². The Morgan fingerprint density at radius 1 is 0.867 bits per heavy atom. The van der Waals surface area contributed by atoms with Crippen molar-refractivity contribution in [1.29, 1.82) is 0 Å². The molecular weight excluding hydrogens is 178 g/mol. The van der Waals surface area contributed by atoms with E-state index in [0.29, 0.717) is 10.9 Å². The van der Waals surface area contributed by atoms with E-state index >= 15 is 0 Å². The van der Waals surface area contributed by atoms with E-state index < -0.39 is 0 Å². The minimum atomic E-state index is 0.705. The zero-order valence-corrected chi connectivity index (χ0v) is 9.39. The van der Waals surface area contributed by atoms with Gasteiger partial charge in [-0.15, -0.1) is 5.46 Å². The lowest BCUT2D eigenvalue weighted by atomic mass is 9.74. The predicted molar refractivity (Wildman–Crippen MR) is 68.9 cm³/mol. The van der Waals surface area contributed by atoms with Crippen molar-refractivity contribution >= 4 is 37.4 Å². The Bertz CT molecular complexity index is 542. The third kappa shape index (κ3) is 1.49. The Labute approximate surface area is 93.5 Å². The van der Waals surface area contributed by atoms with Crippen LogP contribution in [0.3, 0.4) is 0 Å². The van der Waals surface area contributed by atoms with E-state index in [9.17, 15) is 0 Å². The lowest BCUT2D eigenvalue weighted by Gasteiger charge is -2.14. The summed E-state index contributed by atoms with van der Waals surface area (Å²) in [6.07, 6.45) is 0. The molecule has 0 unspecified atom stereocenters. The Morgan fingerprint density at radius 3 is 2.20 bits per heavy atom. The van der Waals surface area contributed by atoms with Gasteiger partial charge in [0.05, 0.1) is 0 Å². The molecule has 4 radical (unpaired) electrons. The van der Waals surface area contributed by atoms with Crippen molar-refractivity contribution < 1.29 is 0 Å². The number of rotatable bonds is 0. The molecule has 0 aliphatic heterocycles. The largest absolute Gasteiger partial charge is 0.113 e. The van der Waals surface area contributed by atoms with Crippen LogP contribution in [-0.4, -0.2) is 15.7 Å². The van der Waals surface area contributed by atoms with Gasteiger partial charge in [-0.25, -0.2) is 0 Å². The molecule has 0 heterocycles. The van der Waals surface area contributed by atoms with Crippen LogP contribution in [0.25, 0.3) is 10.8 Å². The molecule has 0 bridgehead atoms. The Balaban J connectivity index is 3.00. The quantitative estimate of drug-likeness (QED) is 0.550. The molecule has 0 N–H and O–H groups in total. The highest BCUT2D eigenvalue weighted by molar-refractivity contribution is 6.53. The minimum absolute atomic E-state index is 0.705. The highest BCUT2D eigenvalue weighted by Gasteiger charge is 2.06. The summed E-state index contributed by atoms with van der Waals surface area (Å²) < 4.78 is 0. The van der Waals surface area contributed by atoms with Crippen LogP contribution in [0.1, 0.15) is 16.7 Å². The monoisotopic (exact) mass is 190 g/mol. The van der Waals surface area contributed by atoms with Gasteiger partial charge in [-0.3, -0.25) is 0 Å². The molecule has 2 aromatic carbocycles. The number of hydrogen-bond acceptors (Lipinski definition) is 0. The summed E-state index contributed by atoms with van der Waals surface area (Å²) in [5.74, 6) is 0. The van der Waals surface area contributed by atoms with Crippen molar-refractivity contribution in [2.45, 2.75) is 20.8 Å². The van der Waals surface area contributed by atoms with E-state index in [1.54, 1.807) is 0 Å². The molecule has 0 saturated carbocycles. The molecule has 0 atom stereocenters. The van der Waals surface area contributed by atoms with Gasteiger partial charge < -0.3 is 0 Å². The molecule has 0 fully saturated rings. The summed E-state index contributed by atoms with van der Waals surface area (Å²) in [6, 6.07) is 6.31. The van der Waals surface area contributed by atoms with Gasteiger partial charge >= 0.3 is 0 Å². The summed E-state index contributed by atoms with van der Waals surface area (Å²) in [5, 5.41) is 2.26. The fraction of sp³-hybridized carbons (Fsp3) is 0.231. The Morgan fingerprint density at radius 2 is 1.53 bits per heavy atom. The highest BCUT2D eigenvalue weighted by Crippen LogP contribution is 2.19. The normalized spacial score (nSPS) is 10.9. The summed E-state index contributed by atoms with van der Waals surface area (Å²) in [4.78, 5) is 0. The van der Waals surface area contributed by atoms with Gasteiger partial charge in [0.25, 0.3) is 0 Å². The first-order valence-corrected chi connectivity index (χ1v) is 5.07. The first-order valence-electron chi connectivity index (χ1n) is 5.07. The van der Waals surface area contributed by atoms with Crippen molar-refractivity contribution in [3.63, 3.8) is 0 Å². The summed E-state index contributed by atoms with van der Waals surface area (Å²) >= 11 is 0. The van der Waals surface area contributed by atoms with Crippen LogP contribution in [0.2, 0.25) is 0 Å². The molecule has 0 spiro atoms. The van der Waals surface area contributed by atoms with E-state index in [4.69, 9.17) is 15.7 Å². The second-order valence-electron chi connectivity index (χ2n) is 4.13. The molecular formula is C13H12B2. The van der Waals surface area contributed by atoms with E-state index in [2.05, 4.69) is 32.0 Å². The highest BCUT2D eigenvalue weighted by atomic mass is 14.1. The van der Waals surface area contributed by atoms with Crippen molar-refractivity contribution in [3.8, 4) is 0 Å². The number of fused-ring (bicyclic) bond motifs is 1. The number of aryl methyl sites for hydroxylation is 3. The molecule has 2 heteroatoms. The maximum atomic E-state index is 6.06. The summed E-state index contributed by atoms with van der Waals surface area (Å²) in [7, 11) is 12.0. The van der Waals surface area contributed by atoms with Crippen LogP contribution < -0.4 is 10.9 Å². The van der Waals surface area contributed by atoms with Gasteiger partial charge in [-0.05, 0) is 42.7 Å². The molecule has 2 aromatic rings. The van der Waals surface area contributed by atoms with E-state index in [1.807, 2.05) is 6.92 Å². The van der Waals surface area contributed by atoms with Gasteiger partial charge in [0.1, 0.15) is 15.7 Å². The average molecular weight is 190 g/mol. The Kier molecular flexibility index (Phi) is 2.38. The molecule has 0 aliphatic rings. The second kappa shape index (κ2) is 3.44. The maximum absolute atomic E-state index is 6.06. The van der Waals surface area contributed by atoms with Gasteiger partial charge in [-0.1, -0.05) is 29.2 Å². The predicted octanol–water partition coefficient (Wildman–Crippen LogP) is 1.35. The fourth-order valence-electron chi connectivity index (χ4n) is 1.97. The van der Waals surface area contributed by atoms with E-state index in [0.717, 1.165) is 10.9 Å². The van der Waals surface area contributed by atoms with Crippen LogP contribution in [0.5, 0.6) is 0 Å². The number of benzene rings is 2. The minimum Gasteiger partial charge on any atom is -0.100 e. The molecule has 0 nitrogen and oxygen atoms in total. The Hall–Kier alpha value is -1.17. The van der Waals surface area contributed by atoms with E-state index in [-0.39, 0.29) is 0 Å². The summed E-state index contributed by atoms with van der Waals surface area (Å²) in [6.45, 7) is 6.16. The third-order valence-corrected chi connectivity index (χ3v) is 3.12. The van der Waals surface area contributed by atoms with Crippen LogP contribution >= 0.6 is 0 Å². The summed E-state index contributed by atoms with van der Waals surface area (Å²) in [5.41, 5.74) is 4.93. The van der Waals surface area contributed by atoms with Crippen molar-refractivity contribution in [2.24, 2.45) is 0 Å². The van der Waals surface area contributed by atoms with Crippen LogP contribution in [0.4, 0.5) is 0 Å². The van der Waals surface area contributed by atoms with Gasteiger partial charge in [0.2, 0.25) is 0 Å². The van der Waals surface area contributed by atoms with Crippen molar-refractivity contribution in [2.75, 3.05) is 0 Å². The van der Waals surface area contributed by atoms with Gasteiger partial charge in [-0.2, -0.15) is 0 Å². The molecule has 0 aliphatic carbocycles. The number of hydrogen-bond donors (Lipinski definition) is 0. The molecule has 70 valence electrons. The zero-order chi connectivity index (χ0) is 11.2. The van der Waals surface area contributed by atoms with E-state index in [1.165, 1.54) is 16.5 Å². The topological polar surface area (TPSA) is 0 Å². The molecule has 0 amide bonds. The first-order chi connectivity index (χ1) is 7.02. The average Bonchev–Trinajstić information content (AvgIpc) is 2.20. The lowest BCUT2D eigenvalue weighted by molar-refractivity contribution is 1.38. The van der Waals surface area contributed by atoms with Crippen molar-refractivity contribution in [3.05, 3.63) is 34.9 Å². The maximum Gasteiger partial charge on any atom is 0.113 e. The zero-order valence-electron chi connectivity index (χ0n) is 9.39. The molecule has 0 aromatic heterocycles. The SMILES string of the molecule is [B]c1c(C)cc2ccc(C)c(C)c2c1[B]. The first kappa shape index (κ1) is 10.4. The van der Waals surface area contributed by atoms with Gasteiger partial charge in [0, 0.05) is 0 Å². The van der Waals surface area contributed by atoms with Crippen molar-refractivity contribution in [1.82, 2.24) is 0 Å². The van der Waals surface area contributed by atoms with Crippen LogP contribution in [0, 0.1) is 20.8 Å². The van der Waals surface area contributed by atoms with Gasteiger partial charge in [0.15, 0.2) is 0 Å². The fourth-order valence-corrected chi connectivity index (χ4v) is 1.97. The molecule has 15 heavy (non-hydrogen) atoms. The molecule has 2 rings (SSSR count). The van der Waals surface area contributed by atoms with Crippen LogP contribution in [0.15, 0.2) is 18.2 Å². The third-order valence-electron chi connectivity index (χ3n) is 3.12.